The SMILES string of the molecule is O=C(O)[C@H]1O[C@H](OC[C@H]2O[C@@H](O)[C@@H](O)[C@@H](O)[C@@H]2O)[C@H](O)[C@@H](O)[C@@H]1O. The number of carbonyl (C=O) groups is 1. The summed E-state index contributed by atoms with van der Waals surface area (Å²) in [6.07, 6.45) is -17.3. The first-order valence-electron chi connectivity index (χ1n) is 7.07. The maximum atomic E-state index is 11.0. The molecule has 0 aromatic carbocycles. The number of hydrogen-bond donors (Lipinski definition) is 8. The van der Waals surface area contributed by atoms with Crippen molar-refractivity contribution in [3.05, 3.63) is 0 Å². The Kier molecular flexibility index (Phi) is 6.09. The molecule has 0 aromatic heterocycles. The molecule has 24 heavy (non-hydrogen) atoms. The first kappa shape index (κ1) is 19.4. The van der Waals surface area contributed by atoms with Crippen LogP contribution < -0.4 is 0 Å². The monoisotopic (exact) mass is 356 g/mol. The van der Waals surface area contributed by atoms with Gasteiger partial charge in [0, 0.05) is 0 Å². The van der Waals surface area contributed by atoms with Gasteiger partial charge >= 0.3 is 5.97 Å². The number of rotatable bonds is 4. The molecule has 0 saturated carbocycles. The van der Waals surface area contributed by atoms with Crippen molar-refractivity contribution in [1.82, 2.24) is 0 Å². The molecule has 2 heterocycles. The number of aliphatic carboxylic acids is 1. The number of hydrogen-bond acceptors (Lipinski definition) is 11. The van der Waals surface area contributed by atoms with E-state index in [1.807, 2.05) is 0 Å². The Morgan fingerprint density at radius 1 is 0.792 bits per heavy atom. The van der Waals surface area contributed by atoms with Gasteiger partial charge in [-0.25, -0.2) is 4.79 Å². The van der Waals surface area contributed by atoms with Crippen molar-refractivity contribution in [1.29, 1.82) is 0 Å². The summed E-state index contributed by atoms with van der Waals surface area (Å²) in [4.78, 5) is 11.0. The van der Waals surface area contributed by atoms with E-state index in [0.717, 1.165) is 0 Å². The molecule has 12 nitrogen and oxygen atoms in total. The zero-order valence-corrected chi connectivity index (χ0v) is 12.2. The quantitative estimate of drug-likeness (QED) is 0.238. The molecule has 8 N–H and O–H groups in total. The van der Waals surface area contributed by atoms with Crippen LogP contribution in [-0.2, 0) is 19.0 Å². The van der Waals surface area contributed by atoms with Gasteiger partial charge < -0.3 is 55.1 Å². The summed E-state index contributed by atoms with van der Waals surface area (Å²) >= 11 is 0. The summed E-state index contributed by atoms with van der Waals surface area (Å²) < 4.78 is 14.7. The molecule has 2 rings (SSSR count). The average Bonchev–Trinajstić information content (AvgIpc) is 2.54. The molecule has 2 saturated heterocycles. The van der Waals surface area contributed by atoms with Crippen molar-refractivity contribution in [2.75, 3.05) is 6.61 Å². The van der Waals surface area contributed by atoms with E-state index >= 15 is 0 Å². The zero-order chi connectivity index (χ0) is 18.2. The maximum Gasteiger partial charge on any atom is 0.335 e. The molecule has 10 atom stereocenters. The van der Waals surface area contributed by atoms with Crippen molar-refractivity contribution in [3.63, 3.8) is 0 Å². The molecule has 0 radical (unpaired) electrons. The molecule has 0 unspecified atom stereocenters. The summed E-state index contributed by atoms with van der Waals surface area (Å²) in [6, 6.07) is 0. The lowest BCUT2D eigenvalue weighted by molar-refractivity contribution is -0.321. The third-order valence-corrected chi connectivity index (χ3v) is 3.92. The number of ether oxygens (including phenoxy) is 3. The lowest BCUT2D eigenvalue weighted by Gasteiger charge is -2.41. The summed E-state index contributed by atoms with van der Waals surface area (Å²) in [6.45, 7) is -0.584. The minimum Gasteiger partial charge on any atom is -0.479 e. The van der Waals surface area contributed by atoms with Crippen molar-refractivity contribution in [3.8, 4) is 0 Å². The van der Waals surface area contributed by atoms with Crippen LogP contribution in [0.25, 0.3) is 0 Å². The standard InChI is InChI=1S/C12H20O12/c13-3-2(23-11(21)7(17)4(3)14)1-22-12-8(18)5(15)6(16)9(24-12)10(19)20/h2-9,11-18,21H,1H2,(H,19,20)/t2-,3-,4+,5+,6+,7+,8-,9+,11-,12+/m1/s1. The van der Waals surface area contributed by atoms with Gasteiger partial charge in [-0.15, -0.1) is 0 Å². The Bertz CT molecular complexity index is 446. The predicted molar refractivity (Wildman–Crippen MR) is 69.2 cm³/mol. The molecule has 2 fully saturated rings. The highest BCUT2D eigenvalue weighted by molar-refractivity contribution is 5.73. The van der Waals surface area contributed by atoms with Crippen LogP contribution in [0.15, 0.2) is 0 Å². The highest BCUT2D eigenvalue weighted by Crippen LogP contribution is 2.25. The maximum absolute atomic E-state index is 11.0. The van der Waals surface area contributed by atoms with Gasteiger partial charge in [0.2, 0.25) is 0 Å². The van der Waals surface area contributed by atoms with Crippen LogP contribution in [0.2, 0.25) is 0 Å². The van der Waals surface area contributed by atoms with Crippen molar-refractivity contribution in [2.24, 2.45) is 0 Å². The van der Waals surface area contributed by atoms with Gasteiger partial charge in [-0.2, -0.15) is 0 Å². The van der Waals surface area contributed by atoms with Crippen LogP contribution in [0.3, 0.4) is 0 Å². The highest BCUT2D eigenvalue weighted by atomic mass is 16.7. The smallest absolute Gasteiger partial charge is 0.335 e. The van der Waals surface area contributed by atoms with E-state index in [9.17, 15) is 40.5 Å². The molecule has 140 valence electrons. The molecule has 0 aliphatic carbocycles. The minimum atomic E-state index is -1.88. The number of aliphatic hydroxyl groups excluding tert-OH is 7. The largest absolute Gasteiger partial charge is 0.479 e. The van der Waals surface area contributed by atoms with Crippen molar-refractivity contribution in [2.45, 2.75) is 61.4 Å². The first-order valence-corrected chi connectivity index (χ1v) is 7.07. The molecule has 2 aliphatic heterocycles. The Labute approximate surface area is 135 Å². The Morgan fingerprint density at radius 2 is 1.38 bits per heavy atom. The molecular weight excluding hydrogens is 336 g/mol. The Balaban J connectivity index is 1.98. The third-order valence-electron chi connectivity index (χ3n) is 3.92. The molecule has 0 spiro atoms. The molecule has 2 aliphatic rings. The lowest BCUT2D eigenvalue weighted by atomic mass is 9.98. The Hall–Kier alpha value is -0.930. The van der Waals surface area contributed by atoms with E-state index in [2.05, 4.69) is 0 Å². The molecule has 0 amide bonds. The van der Waals surface area contributed by atoms with Crippen molar-refractivity contribution >= 4 is 5.97 Å². The van der Waals surface area contributed by atoms with E-state index in [-0.39, 0.29) is 0 Å². The topological polar surface area (TPSA) is 207 Å². The number of aliphatic hydroxyl groups is 7. The first-order chi connectivity index (χ1) is 11.1. The summed E-state index contributed by atoms with van der Waals surface area (Å²) in [7, 11) is 0. The fourth-order valence-corrected chi connectivity index (χ4v) is 2.45. The fourth-order valence-electron chi connectivity index (χ4n) is 2.45. The van der Waals surface area contributed by atoms with Crippen LogP contribution >= 0.6 is 0 Å². The van der Waals surface area contributed by atoms with Gasteiger partial charge in [0.05, 0.1) is 6.61 Å². The summed E-state index contributed by atoms with van der Waals surface area (Å²) in [5.74, 6) is -1.59. The van der Waals surface area contributed by atoms with E-state index in [1.54, 1.807) is 0 Å². The molecule has 0 bridgehead atoms. The second kappa shape index (κ2) is 7.53. The lowest BCUT2D eigenvalue weighted by Crippen LogP contribution is -2.62. The van der Waals surface area contributed by atoms with Crippen LogP contribution in [0.4, 0.5) is 0 Å². The van der Waals surface area contributed by atoms with Gasteiger partial charge in [-0.05, 0) is 0 Å². The molecular formula is C12H20O12. The van der Waals surface area contributed by atoms with Gasteiger partial charge in [0.15, 0.2) is 18.7 Å². The molecule has 0 aromatic rings. The van der Waals surface area contributed by atoms with Crippen LogP contribution in [0.1, 0.15) is 0 Å². The van der Waals surface area contributed by atoms with E-state index in [0.29, 0.717) is 0 Å². The fraction of sp³-hybridized carbons (Fsp3) is 0.917. The number of carboxylic acid groups (broad SMARTS) is 1. The van der Waals surface area contributed by atoms with Gasteiger partial charge in [0.1, 0.15) is 42.7 Å². The second-order valence-electron chi connectivity index (χ2n) is 5.61. The van der Waals surface area contributed by atoms with E-state index in [4.69, 9.17) is 19.3 Å². The summed E-state index contributed by atoms with van der Waals surface area (Å²) in [5, 5.41) is 75.8. The Morgan fingerprint density at radius 3 is 1.96 bits per heavy atom. The second-order valence-corrected chi connectivity index (χ2v) is 5.61. The van der Waals surface area contributed by atoms with Crippen LogP contribution in [0, 0.1) is 0 Å². The predicted octanol–water partition coefficient (Wildman–Crippen LogP) is -5.30. The van der Waals surface area contributed by atoms with E-state index in [1.165, 1.54) is 0 Å². The van der Waals surface area contributed by atoms with Crippen molar-refractivity contribution < 1.29 is 59.9 Å². The minimum absolute atomic E-state index is 0.584. The van der Waals surface area contributed by atoms with Gasteiger partial charge in [-0.3, -0.25) is 0 Å². The van der Waals surface area contributed by atoms with Crippen LogP contribution in [-0.4, -0.2) is 115 Å². The third kappa shape index (κ3) is 3.67. The summed E-state index contributed by atoms with van der Waals surface area (Å²) in [5.41, 5.74) is 0. The van der Waals surface area contributed by atoms with Gasteiger partial charge in [-0.1, -0.05) is 0 Å². The normalized spacial score (nSPS) is 49.8. The molecule has 12 heteroatoms. The highest BCUT2D eigenvalue weighted by Gasteiger charge is 2.49. The number of carboxylic acids is 1. The zero-order valence-electron chi connectivity index (χ0n) is 12.2. The average molecular weight is 356 g/mol. The van der Waals surface area contributed by atoms with Gasteiger partial charge in [0.25, 0.3) is 0 Å². The van der Waals surface area contributed by atoms with E-state index < -0.39 is 74.0 Å². The van der Waals surface area contributed by atoms with Crippen LogP contribution in [0.5, 0.6) is 0 Å².